The molecule has 1 heterocycles. The Kier molecular flexibility index (Phi) is 8.17. The highest BCUT2D eigenvalue weighted by molar-refractivity contribution is 7.26. The summed E-state index contributed by atoms with van der Waals surface area (Å²) in [5.41, 5.74) is 21.4. The molecule has 10 aromatic rings. The molecule has 2 heteroatoms. The third-order valence-corrected chi connectivity index (χ3v) is 15.1. The minimum atomic E-state index is -0.100. The van der Waals surface area contributed by atoms with Crippen molar-refractivity contribution in [2.45, 2.75) is 38.5 Å². The number of thiophene rings is 1. The van der Waals surface area contributed by atoms with Crippen molar-refractivity contribution in [3.05, 3.63) is 222 Å². The molecule has 0 unspecified atom stereocenters. The zero-order valence-electron chi connectivity index (χ0n) is 35.4. The molecule has 296 valence electrons. The highest BCUT2D eigenvalue weighted by Gasteiger charge is 2.38. The fourth-order valence-electron chi connectivity index (χ4n) is 10.8. The van der Waals surface area contributed by atoms with Gasteiger partial charge in [-0.25, -0.2) is 0 Å². The minimum Gasteiger partial charge on any atom is -0.309 e. The van der Waals surface area contributed by atoms with Crippen LogP contribution in [0.1, 0.15) is 49.9 Å². The summed E-state index contributed by atoms with van der Waals surface area (Å²) in [6.07, 6.45) is 0. The molecule has 0 amide bonds. The molecule has 12 rings (SSSR count). The van der Waals surface area contributed by atoms with Gasteiger partial charge in [-0.15, -0.1) is 11.3 Å². The van der Waals surface area contributed by atoms with Crippen LogP contribution in [0.3, 0.4) is 0 Å². The Hall–Kier alpha value is -7.00. The van der Waals surface area contributed by atoms with Crippen molar-refractivity contribution >= 4 is 48.6 Å². The summed E-state index contributed by atoms with van der Waals surface area (Å²) in [4.78, 5) is 2.50. The first-order valence-electron chi connectivity index (χ1n) is 21.8. The number of benzene rings is 9. The summed E-state index contributed by atoms with van der Waals surface area (Å²) < 4.78 is 2.65. The Bertz CT molecular complexity index is 3420. The van der Waals surface area contributed by atoms with Crippen molar-refractivity contribution in [1.82, 2.24) is 0 Å². The van der Waals surface area contributed by atoms with Gasteiger partial charge in [0.15, 0.2) is 0 Å². The first-order valence-corrected chi connectivity index (χ1v) is 22.6. The third-order valence-electron chi connectivity index (χ3n) is 13.9. The van der Waals surface area contributed by atoms with Crippen molar-refractivity contribution in [3.8, 4) is 55.6 Å². The van der Waals surface area contributed by atoms with Gasteiger partial charge in [0, 0.05) is 47.8 Å². The highest BCUT2D eigenvalue weighted by Crippen LogP contribution is 2.55. The smallest absolute Gasteiger partial charge is 0.0540 e. The second-order valence-electron chi connectivity index (χ2n) is 18.0. The first-order chi connectivity index (χ1) is 30.3. The minimum absolute atomic E-state index is 0.0556. The lowest BCUT2D eigenvalue weighted by atomic mass is 9.82. The summed E-state index contributed by atoms with van der Waals surface area (Å²) in [5, 5.41) is 2.64. The van der Waals surface area contributed by atoms with Gasteiger partial charge in [-0.1, -0.05) is 191 Å². The lowest BCUT2D eigenvalue weighted by Gasteiger charge is -2.30. The van der Waals surface area contributed by atoms with Gasteiger partial charge in [0.05, 0.1) is 11.4 Å². The van der Waals surface area contributed by atoms with E-state index in [1.807, 2.05) is 11.3 Å². The standard InChI is InChI=1S/C60H45NS/c1-59(2)50-25-10-5-18-43(50)49-37-39(33-36-52(49)59)41-17-7-12-28-54(41)61(40-34-31-38(32-35-40)42-22-15-24-47-45-20-9-14-30-56(45)62-58(42)47)55-29-13-8-19-44(55)46-23-16-27-53-57(46)48-21-6-11-26-51(48)60(53,3)4/h5-37H,1-4H3. The maximum absolute atomic E-state index is 2.50. The van der Waals surface area contributed by atoms with Crippen LogP contribution in [-0.2, 0) is 10.8 Å². The molecule has 0 saturated heterocycles. The average Bonchev–Trinajstić information content (AvgIpc) is 3.89. The van der Waals surface area contributed by atoms with Gasteiger partial charge in [0.1, 0.15) is 0 Å². The van der Waals surface area contributed by atoms with E-state index in [2.05, 4.69) is 233 Å². The van der Waals surface area contributed by atoms with E-state index in [1.54, 1.807) is 0 Å². The molecule has 2 aliphatic rings. The number of hydrogen-bond donors (Lipinski definition) is 0. The van der Waals surface area contributed by atoms with Crippen molar-refractivity contribution in [2.24, 2.45) is 0 Å². The van der Waals surface area contributed by atoms with E-state index in [4.69, 9.17) is 0 Å². The maximum Gasteiger partial charge on any atom is 0.0540 e. The average molecular weight is 812 g/mol. The third kappa shape index (κ3) is 5.39. The predicted octanol–water partition coefficient (Wildman–Crippen LogP) is 17.1. The maximum atomic E-state index is 2.50. The monoisotopic (exact) mass is 811 g/mol. The summed E-state index contributed by atoms with van der Waals surface area (Å²) in [5.74, 6) is 0. The molecule has 0 fully saturated rings. The second-order valence-corrected chi connectivity index (χ2v) is 19.1. The largest absolute Gasteiger partial charge is 0.309 e. The van der Waals surface area contributed by atoms with Crippen molar-refractivity contribution in [2.75, 3.05) is 4.90 Å². The van der Waals surface area contributed by atoms with E-state index in [9.17, 15) is 0 Å². The topological polar surface area (TPSA) is 3.24 Å². The van der Waals surface area contributed by atoms with E-state index in [0.717, 1.165) is 17.1 Å². The molecule has 0 aliphatic heterocycles. The van der Waals surface area contributed by atoms with Gasteiger partial charge in [0.25, 0.3) is 0 Å². The van der Waals surface area contributed by atoms with E-state index in [0.29, 0.717) is 0 Å². The number of nitrogens with zero attached hydrogens (tertiary/aromatic N) is 1. The number of hydrogen-bond acceptors (Lipinski definition) is 2. The van der Waals surface area contributed by atoms with Crippen LogP contribution in [0.2, 0.25) is 0 Å². The molecule has 2 aliphatic carbocycles. The molecule has 0 radical (unpaired) electrons. The number of rotatable bonds is 6. The lowest BCUT2D eigenvalue weighted by Crippen LogP contribution is -2.15. The van der Waals surface area contributed by atoms with Gasteiger partial charge in [-0.3, -0.25) is 0 Å². The van der Waals surface area contributed by atoms with Crippen molar-refractivity contribution in [1.29, 1.82) is 0 Å². The number of fused-ring (bicyclic) bond motifs is 9. The van der Waals surface area contributed by atoms with Crippen LogP contribution in [0.4, 0.5) is 17.1 Å². The van der Waals surface area contributed by atoms with Crippen LogP contribution >= 0.6 is 11.3 Å². The van der Waals surface area contributed by atoms with Gasteiger partial charge in [-0.05, 0) is 103 Å². The molecule has 1 nitrogen and oxygen atoms in total. The van der Waals surface area contributed by atoms with Crippen molar-refractivity contribution < 1.29 is 0 Å². The van der Waals surface area contributed by atoms with Crippen LogP contribution in [0.15, 0.2) is 200 Å². The van der Waals surface area contributed by atoms with Crippen molar-refractivity contribution in [3.63, 3.8) is 0 Å². The predicted molar refractivity (Wildman–Crippen MR) is 265 cm³/mol. The molecular weight excluding hydrogens is 767 g/mol. The molecule has 62 heavy (non-hydrogen) atoms. The Morgan fingerprint density at radius 3 is 1.66 bits per heavy atom. The number of para-hydroxylation sites is 2. The van der Waals surface area contributed by atoms with Crippen LogP contribution < -0.4 is 4.90 Å². The zero-order chi connectivity index (χ0) is 41.7. The summed E-state index contributed by atoms with van der Waals surface area (Å²) in [6, 6.07) is 74.8. The molecule has 0 atom stereocenters. The van der Waals surface area contributed by atoms with Gasteiger partial charge >= 0.3 is 0 Å². The van der Waals surface area contributed by atoms with Crippen LogP contribution in [0.25, 0.3) is 75.8 Å². The Balaban J connectivity index is 1.07. The van der Waals surface area contributed by atoms with Gasteiger partial charge < -0.3 is 4.90 Å². The first kappa shape index (κ1) is 36.8. The molecule has 0 N–H and O–H groups in total. The fourth-order valence-corrected chi connectivity index (χ4v) is 12.1. The Labute approximate surface area is 368 Å². The zero-order valence-corrected chi connectivity index (χ0v) is 36.2. The molecule has 0 saturated carbocycles. The fraction of sp³-hybridized carbons (Fsp3) is 0.100. The Morgan fingerprint density at radius 1 is 0.355 bits per heavy atom. The normalized spacial score (nSPS) is 14.1. The molecule has 0 spiro atoms. The van der Waals surface area contributed by atoms with Gasteiger partial charge in [-0.2, -0.15) is 0 Å². The second kappa shape index (κ2) is 13.8. The highest BCUT2D eigenvalue weighted by atomic mass is 32.1. The summed E-state index contributed by atoms with van der Waals surface area (Å²) >= 11 is 1.88. The molecule has 0 bridgehead atoms. The summed E-state index contributed by atoms with van der Waals surface area (Å²) in [6.45, 7) is 9.45. The summed E-state index contributed by atoms with van der Waals surface area (Å²) in [7, 11) is 0. The quantitative estimate of drug-likeness (QED) is 0.162. The van der Waals surface area contributed by atoms with Crippen LogP contribution in [-0.4, -0.2) is 0 Å². The van der Waals surface area contributed by atoms with E-state index in [-0.39, 0.29) is 10.8 Å². The van der Waals surface area contributed by atoms with Gasteiger partial charge in [0.2, 0.25) is 0 Å². The number of anilines is 3. The SMILES string of the molecule is CC1(C)c2ccccc2-c2cc(-c3ccccc3N(c3ccc(-c4cccc5c4sc4ccccc45)cc3)c3ccccc3-c3cccc4c3-c3ccccc3C4(C)C)ccc21. The molecule has 1 aromatic heterocycles. The molecule has 9 aromatic carbocycles. The van der Waals surface area contributed by atoms with Crippen LogP contribution in [0.5, 0.6) is 0 Å². The lowest BCUT2D eigenvalue weighted by molar-refractivity contribution is 0.660. The molecular formula is C60H45NS. The van der Waals surface area contributed by atoms with E-state index >= 15 is 0 Å². The Morgan fingerprint density at radius 2 is 0.871 bits per heavy atom. The van der Waals surface area contributed by atoms with Crippen LogP contribution in [0, 0.1) is 0 Å². The van der Waals surface area contributed by atoms with E-state index < -0.39 is 0 Å². The van der Waals surface area contributed by atoms with E-state index in [1.165, 1.54) is 98.1 Å².